The minimum atomic E-state index is -1.81. The molecule has 32 heavy (non-hydrogen) atoms. The Hall–Kier alpha value is -0.730. The van der Waals surface area contributed by atoms with Crippen molar-refractivity contribution in [3.05, 3.63) is 0 Å². The van der Waals surface area contributed by atoms with E-state index in [1.165, 1.54) is 12.8 Å². The van der Waals surface area contributed by atoms with Gasteiger partial charge in [-0.25, -0.2) is 4.79 Å². The Kier molecular flexibility index (Phi) is 6.24. The Morgan fingerprint density at radius 3 is 2.28 bits per heavy atom. The normalized spacial score (nSPS) is 53.5. The summed E-state index contributed by atoms with van der Waals surface area (Å²) >= 11 is 0. The molecule has 11 atom stereocenters. The molecule has 2 bridgehead atoms. The van der Waals surface area contributed by atoms with Gasteiger partial charge in [0, 0.05) is 11.8 Å². The van der Waals surface area contributed by atoms with Gasteiger partial charge in [-0.3, -0.25) is 0 Å². The third-order valence-corrected chi connectivity index (χ3v) is 10.3. The standard InChI is InChI=1S/C25H42O7/c1-13-6-7-15-12-17-14(2)8-11-25(30,24(17,5)10-9-16(13)23(15,3)4)32-20-18(26)19(27)21(28)31-22(20)29/h13-20,22,26-27,29-30H,6-12H2,1-5H3/t13-,14-,15+,16+,17-,18+,19-,20-,22?,24+,25?/m1/s1. The van der Waals surface area contributed by atoms with Crippen LogP contribution in [0.4, 0.5) is 0 Å². The van der Waals surface area contributed by atoms with Crippen LogP contribution in [0, 0.1) is 40.4 Å². The zero-order valence-electron chi connectivity index (χ0n) is 20.2. The molecule has 3 saturated carbocycles. The molecular formula is C25H42O7. The summed E-state index contributed by atoms with van der Waals surface area (Å²) in [5, 5.41) is 42.7. The molecule has 1 aliphatic heterocycles. The fourth-order valence-electron chi connectivity index (χ4n) is 7.90. The van der Waals surface area contributed by atoms with E-state index in [9.17, 15) is 25.2 Å². The predicted octanol–water partition coefficient (Wildman–Crippen LogP) is 2.58. The Balaban J connectivity index is 1.66. The van der Waals surface area contributed by atoms with E-state index in [2.05, 4.69) is 34.6 Å². The number of hydrogen-bond donors (Lipinski definition) is 4. The number of carbonyl (C=O) groups excluding carboxylic acids is 1. The molecular weight excluding hydrogens is 412 g/mol. The molecule has 2 unspecified atom stereocenters. The first kappa shape index (κ1) is 24.4. The van der Waals surface area contributed by atoms with Crippen LogP contribution in [0.1, 0.15) is 79.6 Å². The van der Waals surface area contributed by atoms with E-state index in [1.54, 1.807) is 0 Å². The second-order valence-electron chi connectivity index (χ2n) is 12.1. The summed E-state index contributed by atoms with van der Waals surface area (Å²) in [6.07, 6.45) is -0.231. The molecule has 0 aromatic rings. The fourth-order valence-corrected chi connectivity index (χ4v) is 7.90. The lowest BCUT2D eigenvalue weighted by molar-refractivity contribution is -0.369. The van der Waals surface area contributed by atoms with Crippen LogP contribution in [0.15, 0.2) is 0 Å². The number of aliphatic hydroxyl groups is 4. The second-order valence-corrected chi connectivity index (χ2v) is 12.1. The molecule has 1 heterocycles. The van der Waals surface area contributed by atoms with Gasteiger partial charge >= 0.3 is 5.97 Å². The number of rotatable bonds is 2. The van der Waals surface area contributed by atoms with E-state index < -0.39 is 41.8 Å². The van der Waals surface area contributed by atoms with Crippen LogP contribution in [-0.4, -0.2) is 56.8 Å². The van der Waals surface area contributed by atoms with Crippen LogP contribution in [0.2, 0.25) is 0 Å². The molecule has 4 aliphatic rings. The Bertz CT molecular complexity index is 725. The molecule has 4 N–H and O–H groups in total. The summed E-state index contributed by atoms with van der Waals surface area (Å²) in [5.41, 5.74) is -0.330. The average molecular weight is 455 g/mol. The van der Waals surface area contributed by atoms with E-state index in [-0.39, 0.29) is 11.3 Å². The lowest BCUT2D eigenvalue weighted by atomic mass is 9.47. The SMILES string of the molecule is C[C@@H]1CCC(O)(O[C@H]2C(O)OC(=O)[C@H](O)[C@@H]2O)[C@@]2(C)CC[C@H]3[C@H](C)CC[C@@H](C[C@H]12)C3(C)C. The molecule has 7 heteroatoms. The molecule has 0 aromatic heterocycles. The van der Waals surface area contributed by atoms with Crippen LogP contribution >= 0.6 is 0 Å². The van der Waals surface area contributed by atoms with Crippen LogP contribution < -0.4 is 0 Å². The molecule has 0 aromatic carbocycles. The number of aliphatic hydroxyl groups excluding tert-OH is 3. The van der Waals surface area contributed by atoms with Crippen LogP contribution in [0.3, 0.4) is 0 Å². The number of esters is 1. The highest BCUT2D eigenvalue weighted by molar-refractivity contribution is 5.76. The molecule has 184 valence electrons. The summed E-state index contributed by atoms with van der Waals surface area (Å²) in [7, 11) is 0. The second kappa shape index (κ2) is 8.19. The van der Waals surface area contributed by atoms with Crippen molar-refractivity contribution in [1.29, 1.82) is 0 Å². The largest absolute Gasteiger partial charge is 0.431 e. The third kappa shape index (κ3) is 3.63. The zero-order valence-corrected chi connectivity index (χ0v) is 20.2. The first-order chi connectivity index (χ1) is 14.8. The summed E-state index contributed by atoms with van der Waals surface area (Å²) in [6.45, 7) is 11.5. The van der Waals surface area contributed by atoms with Crippen molar-refractivity contribution in [2.24, 2.45) is 40.4 Å². The summed E-state index contributed by atoms with van der Waals surface area (Å²) in [4.78, 5) is 11.6. The average Bonchev–Trinajstić information content (AvgIpc) is 2.71. The number of cyclic esters (lactones) is 1. The predicted molar refractivity (Wildman–Crippen MR) is 117 cm³/mol. The van der Waals surface area contributed by atoms with Gasteiger partial charge in [-0.2, -0.15) is 0 Å². The van der Waals surface area contributed by atoms with Crippen LogP contribution in [0.25, 0.3) is 0 Å². The first-order valence-electron chi connectivity index (χ1n) is 12.5. The van der Waals surface area contributed by atoms with Gasteiger partial charge in [-0.05, 0) is 67.1 Å². The number of ether oxygens (including phenoxy) is 2. The third-order valence-electron chi connectivity index (χ3n) is 10.3. The minimum absolute atomic E-state index is 0.227. The maximum absolute atomic E-state index is 12.0. The molecule has 4 rings (SSSR count). The number of hydrogen-bond acceptors (Lipinski definition) is 7. The van der Waals surface area contributed by atoms with Crippen molar-refractivity contribution >= 4 is 5.97 Å². The highest BCUT2D eigenvalue weighted by Crippen LogP contribution is 2.63. The summed E-state index contributed by atoms with van der Waals surface area (Å²) in [5.74, 6) is -0.272. The molecule has 0 amide bonds. The van der Waals surface area contributed by atoms with Crippen molar-refractivity contribution < 1.29 is 34.7 Å². The Morgan fingerprint density at radius 2 is 1.59 bits per heavy atom. The molecule has 4 fully saturated rings. The van der Waals surface area contributed by atoms with Gasteiger partial charge in [0.05, 0.1) is 0 Å². The summed E-state index contributed by atoms with van der Waals surface area (Å²) < 4.78 is 10.9. The molecule has 0 radical (unpaired) electrons. The van der Waals surface area contributed by atoms with Gasteiger partial charge in [-0.15, -0.1) is 0 Å². The van der Waals surface area contributed by atoms with E-state index in [0.29, 0.717) is 30.1 Å². The van der Waals surface area contributed by atoms with Crippen LogP contribution in [-0.2, 0) is 14.3 Å². The Morgan fingerprint density at radius 1 is 0.938 bits per heavy atom. The van der Waals surface area contributed by atoms with Crippen molar-refractivity contribution in [3.63, 3.8) is 0 Å². The van der Waals surface area contributed by atoms with Crippen LogP contribution in [0.5, 0.6) is 0 Å². The fraction of sp³-hybridized carbons (Fsp3) is 0.960. The van der Waals surface area contributed by atoms with Crippen molar-refractivity contribution in [2.75, 3.05) is 0 Å². The number of fused-ring (bicyclic) bond motifs is 3. The lowest BCUT2D eigenvalue weighted by Gasteiger charge is -2.61. The summed E-state index contributed by atoms with van der Waals surface area (Å²) in [6, 6.07) is 0. The molecule has 3 aliphatic carbocycles. The van der Waals surface area contributed by atoms with Gasteiger partial charge in [-0.1, -0.05) is 41.0 Å². The lowest BCUT2D eigenvalue weighted by Crippen LogP contribution is -2.65. The van der Waals surface area contributed by atoms with E-state index >= 15 is 0 Å². The van der Waals surface area contributed by atoms with E-state index in [4.69, 9.17) is 9.47 Å². The quantitative estimate of drug-likeness (QED) is 0.374. The van der Waals surface area contributed by atoms with Gasteiger partial charge in [0.25, 0.3) is 0 Å². The van der Waals surface area contributed by atoms with Gasteiger partial charge in [0.15, 0.2) is 18.0 Å². The van der Waals surface area contributed by atoms with Gasteiger partial charge in [0.2, 0.25) is 6.29 Å². The Labute approximate surface area is 191 Å². The topological polar surface area (TPSA) is 116 Å². The van der Waals surface area contributed by atoms with E-state index in [0.717, 1.165) is 25.7 Å². The highest BCUT2D eigenvalue weighted by Gasteiger charge is 2.62. The smallest absolute Gasteiger partial charge is 0.340 e. The molecule has 7 nitrogen and oxygen atoms in total. The van der Waals surface area contributed by atoms with Gasteiger partial charge in [0.1, 0.15) is 6.10 Å². The maximum atomic E-state index is 12.0. The molecule has 1 saturated heterocycles. The minimum Gasteiger partial charge on any atom is -0.431 e. The zero-order chi connectivity index (χ0) is 23.6. The van der Waals surface area contributed by atoms with Gasteiger partial charge < -0.3 is 29.9 Å². The van der Waals surface area contributed by atoms with Crippen molar-refractivity contribution in [1.82, 2.24) is 0 Å². The monoisotopic (exact) mass is 454 g/mol. The maximum Gasteiger partial charge on any atom is 0.340 e. The first-order valence-corrected chi connectivity index (χ1v) is 12.5. The van der Waals surface area contributed by atoms with Crippen molar-refractivity contribution in [3.8, 4) is 0 Å². The highest BCUT2D eigenvalue weighted by atomic mass is 16.7. The van der Waals surface area contributed by atoms with Crippen molar-refractivity contribution in [2.45, 2.75) is 110 Å². The van der Waals surface area contributed by atoms with E-state index in [1.807, 2.05) is 0 Å². The number of carbonyl (C=O) groups is 1. The molecule has 0 spiro atoms.